The maximum absolute atomic E-state index is 11.6. The molecule has 1 unspecified atom stereocenters. The van der Waals surface area contributed by atoms with E-state index in [1.165, 1.54) is 37.4 Å². The van der Waals surface area contributed by atoms with Crippen LogP contribution >= 0.6 is 0 Å². The molecule has 12 nitrogen and oxygen atoms in total. The number of rotatable bonds is 6. The number of nitrogens with zero attached hydrogens (tertiary/aromatic N) is 3. The normalized spacial score (nSPS) is 11.7. The van der Waals surface area contributed by atoms with Gasteiger partial charge in [-0.25, -0.2) is 9.78 Å². The van der Waals surface area contributed by atoms with Gasteiger partial charge in [-0.05, 0) is 12.1 Å². The fraction of sp³-hybridized carbons (Fsp3) is 0.0909. The van der Waals surface area contributed by atoms with E-state index in [1.54, 1.807) is 30.3 Å². The quantitative estimate of drug-likeness (QED) is 0.161. The average molecular weight is 463 g/mol. The summed E-state index contributed by atoms with van der Waals surface area (Å²) in [7, 11) is 1.22. The monoisotopic (exact) mass is 463 g/mol. The Labute approximate surface area is 191 Å². The van der Waals surface area contributed by atoms with Gasteiger partial charge >= 0.3 is 6.09 Å². The molecule has 172 valence electrons. The van der Waals surface area contributed by atoms with Gasteiger partial charge in [0, 0.05) is 34.2 Å². The van der Waals surface area contributed by atoms with Gasteiger partial charge < -0.3 is 15.2 Å². The lowest BCUT2D eigenvalue weighted by Gasteiger charge is -2.19. The largest absolute Gasteiger partial charge is 0.453 e. The van der Waals surface area contributed by atoms with Crippen molar-refractivity contribution in [2.24, 2.45) is 0 Å². The second-order valence-corrected chi connectivity index (χ2v) is 7.14. The number of nitro groups is 2. The number of non-ortho nitro benzene ring substituents is 2. The van der Waals surface area contributed by atoms with Crippen molar-refractivity contribution in [2.45, 2.75) is 6.23 Å². The number of hydrogen-bond acceptors (Lipinski definition) is 9. The number of aliphatic hydroxyl groups excluding tert-OH is 1. The molecule has 0 aliphatic carbocycles. The molecule has 1 atom stereocenters. The van der Waals surface area contributed by atoms with Gasteiger partial charge in [0.15, 0.2) is 17.3 Å². The third kappa shape index (κ3) is 4.12. The highest BCUT2D eigenvalue weighted by molar-refractivity contribution is 6.11. The third-order valence-electron chi connectivity index (χ3n) is 5.10. The minimum atomic E-state index is -1.34. The van der Waals surface area contributed by atoms with Crippen molar-refractivity contribution in [3.05, 3.63) is 86.5 Å². The van der Waals surface area contributed by atoms with Crippen LogP contribution in [-0.2, 0) is 4.74 Å². The minimum absolute atomic E-state index is 0.0647. The molecule has 0 aliphatic rings. The molecule has 0 radical (unpaired) electrons. The molecule has 0 bridgehead atoms. The van der Waals surface area contributed by atoms with E-state index in [2.05, 4.69) is 20.4 Å². The van der Waals surface area contributed by atoms with Crippen LogP contribution in [-0.4, -0.2) is 33.1 Å². The van der Waals surface area contributed by atoms with Gasteiger partial charge in [-0.3, -0.25) is 25.5 Å². The first-order valence-electron chi connectivity index (χ1n) is 9.84. The zero-order valence-electron chi connectivity index (χ0n) is 17.6. The molecule has 0 aliphatic heterocycles. The van der Waals surface area contributed by atoms with Gasteiger partial charge in [0.1, 0.15) is 0 Å². The maximum Gasteiger partial charge on any atom is 0.411 e. The van der Waals surface area contributed by atoms with Crippen LogP contribution in [0, 0.1) is 20.2 Å². The molecule has 4 aromatic rings. The number of pyridine rings is 1. The molecule has 3 N–H and O–H groups in total. The Morgan fingerprint density at radius 2 is 1.53 bits per heavy atom. The molecule has 1 aromatic heterocycles. The van der Waals surface area contributed by atoms with E-state index >= 15 is 0 Å². The number of nitro benzene ring substituents is 2. The summed E-state index contributed by atoms with van der Waals surface area (Å²) in [6.07, 6.45) is -2.03. The molecule has 0 saturated carbocycles. The summed E-state index contributed by atoms with van der Waals surface area (Å²) >= 11 is 0. The van der Waals surface area contributed by atoms with E-state index in [1.807, 2.05) is 0 Å². The van der Waals surface area contributed by atoms with Gasteiger partial charge in [-0.2, -0.15) is 0 Å². The summed E-state index contributed by atoms with van der Waals surface area (Å²) in [5.74, 6) is 0. The second kappa shape index (κ2) is 8.96. The number of benzene rings is 3. The first-order valence-corrected chi connectivity index (χ1v) is 9.84. The van der Waals surface area contributed by atoms with Crippen LogP contribution in [0.5, 0.6) is 0 Å². The summed E-state index contributed by atoms with van der Waals surface area (Å²) in [5.41, 5.74) is 0.143. The number of aliphatic hydroxyl groups is 1. The topological polar surface area (TPSA) is 170 Å². The first-order chi connectivity index (χ1) is 16.3. The predicted molar refractivity (Wildman–Crippen MR) is 124 cm³/mol. The molecule has 12 heteroatoms. The Morgan fingerprint density at radius 3 is 2.06 bits per heavy atom. The zero-order valence-corrected chi connectivity index (χ0v) is 17.6. The van der Waals surface area contributed by atoms with Crippen molar-refractivity contribution in [1.29, 1.82) is 0 Å². The molecule has 0 spiro atoms. The van der Waals surface area contributed by atoms with E-state index in [0.29, 0.717) is 22.0 Å². The number of para-hydroxylation sites is 2. The van der Waals surface area contributed by atoms with E-state index in [4.69, 9.17) is 0 Å². The van der Waals surface area contributed by atoms with Crippen LogP contribution in [0.15, 0.2) is 60.7 Å². The number of anilines is 2. The van der Waals surface area contributed by atoms with E-state index in [9.17, 15) is 30.1 Å². The Morgan fingerprint density at radius 1 is 0.971 bits per heavy atom. The maximum atomic E-state index is 11.6. The molecular weight excluding hydrogens is 446 g/mol. The molecule has 1 heterocycles. The Kier molecular flexibility index (Phi) is 5.89. The highest BCUT2D eigenvalue weighted by Gasteiger charge is 2.23. The third-order valence-corrected chi connectivity index (χ3v) is 5.10. The first kappa shape index (κ1) is 22.4. The Hall–Kier alpha value is -4.84. The SMILES string of the molecule is COC(=O)Nc1cccc(C(O)Nc2c3cccc([N+](=O)[O-])c3nc3c([N+](=O)[O-])cccc23)c1. The van der Waals surface area contributed by atoms with Crippen molar-refractivity contribution in [3.8, 4) is 0 Å². The van der Waals surface area contributed by atoms with Crippen LogP contribution in [0.1, 0.15) is 11.8 Å². The lowest BCUT2D eigenvalue weighted by atomic mass is 10.0. The number of carbonyl (C=O) groups is 1. The number of carbonyl (C=O) groups excluding carboxylic acids is 1. The van der Waals surface area contributed by atoms with Gasteiger partial charge in [0.05, 0.1) is 22.6 Å². The number of hydrogen-bond donors (Lipinski definition) is 3. The van der Waals surface area contributed by atoms with Gasteiger partial charge in [-0.15, -0.1) is 0 Å². The van der Waals surface area contributed by atoms with Gasteiger partial charge in [0.25, 0.3) is 11.4 Å². The molecule has 0 fully saturated rings. The van der Waals surface area contributed by atoms with Crippen molar-refractivity contribution >= 4 is 50.6 Å². The standard InChI is InChI=1S/C22H17N5O7/c1-34-22(29)23-13-6-2-5-12(11-13)21(28)25-18-14-7-3-9-16(26(30)31)19(14)24-20-15(18)8-4-10-17(20)27(32)33/h2-11,21,28H,1H3,(H,23,29)(H,24,25). The number of amides is 1. The Balaban J connectivity index is 1.89. The van der Waals surface area contributed by atoms with Crippen LogP contribution in [0.3, 0.4) is 0 Å². The van der Waals surface area contributed by atoms with Gasteiger partial charge in [0.2, 0.25) is 0 Å². The fourth-order valence-electron chi connectivity index (χ4n) is 3.58. The van der Waals surface area contributed by atoms with Crippen molar-refractivity contribution in [3.63, 3.8) is 0 Å². The van der Waals surface area contributed by atoms with Crippen molar-refractivity contribution in [1.82, 2.24) is 4.98 Å². The number of fused-ring (bicyclic) bond motifs is 2. The van der Waals surface area contributed by atoms with E-state index in [-0.39, 0.29) is 28.1 Å². The van der Waals surface area contributed by atoms with Crippen molar-refractivity contribution < 1.29 is 24.5 Å². The molecular formula is C22H17N5O7. The Bertz CT molecular complexity index is 1380. The summed E-state index contributed by atoms with van der Waals surface area (Å²) in [6, 6.07) is 14.8. The van der Waals surface area contributed by atoms with Crippen LogP contribution in [0.25, 0.3) is 21.8 Å². The average Bonchev–Trinajstić information content (AvgIpc) is 2.82. The number of methoxy groups -OCH3 is 1. The molecule has 0 saturated heterocycles. The van der Waals surface area contributed by atoms with E-state index in [0.717, 1.165) is 0 Å². The number of aromatic nitrogens is 1. The van der Waals surface area contributed by atoms with Crippen molar-refractivity contribution in [2.75, 3.05) is 17.7 Å². The summed E-state index contributed by atoms with van der Waals surface area (Å²) < 4.78 is 4.56. The highest BCUT2D eigenvalue weighted by Crippen LogP contribution is 2.39. The summed E-state index contributed by atoms with van der Waals surface area (Å²) in [4.78, 5) is 37.7. The van der Waals surface area contributed by atoms with E-state index < -0.39 is 22.2 Å². The smallest absolute Gasteiger partial charge is 0.411 e. The molecule has 3 aromatic carbocycles. The number of ether oxygens (including phenoxy) is 1. The molecule has 1 amide bonds. The fourth-order valence-corrected chi connectivity index (χ4v) is 3.58. The molecule has 34 heavy (non-hydrogen) atoms. The summed E-state index contributed by atoms with van der Waals surface area (Å²) in [5, 5.41) is 40.1. The lowest BCUT2D eigenvalue weighted by molar-refractivity contribution is -0.383. The van der Waals surface area contributed by atoms with Gasteiger partial charge in [-0.1, -0.05) is 36.4 Å². The summed E-state index contributed by atoms with van der Waals surface area (Å²) in [6.45, 7) is 0. The lowest BCUT2D eigenvalue weighted by Crippen LogP contribution is -2.13. The second-order valence-electron chi connectivity index (χ2n) is 7.14. The predicted octanol–water partition coefficient (Wildman–Crippen LogP) is 4.49. The molecule has 4 rings (SSSR count). The number of nitrogens with one attached hydrogen (secondary N) is 2. The van der Waals surface area contributed by atoms with Crippen LogP contribution < -0.4 is 10.6 Å². The van der Waals surface area contributed by atoms with Crippen LogP contribution in [0.2, 0.25) is 0 Å². The highest BCUT2D eigenvalue weighted by atomic mass is 16.6. The minimum Gasteiger partial charge on any atom is -0.453 e. The zero-order chi connectivity index (χ0) is 24.4. The van der Waals surface area contributed by atoms with Crippen LogP contribution in [0.4, 0.5) is 27.5 Å².